The quantitative estimate of drug-likeness (QED) is 0.185. The zero-order valence-corrected chi connectivity index (χ0v) is 27.2. The number of carboxylic acids is 1. The molecular weight excluding hydrogens is 622 g/mol. The summed E-state index contributed by atoms with van der Waals surface area (Å²) in [6.07, 6.45) is 1.69. The molecule has 0 spiro atoms. The molecule has 4 rings (SSSR count). The number of hydrogen-bond donors (Lipinski definition) is 1. The van der Waals surface area contributed by atoms with Crippen LogP contribution in [0.15, 0.2) is 103 Å². The first-order valence-corrected chi connectivity index (χ1v) is 15.2. The van der Waals surface area contributed by atoms with E-state index in [2.05, 4.69) is 29.2 Å². The molecule has 0 saturated carbocycles. The lowest BCUT2D eigenvalue weighted by Crippen LogP contribution is -2.36. The van der Waals surface area contributed by atoms with Gasteiger partial charge >= 0.3 is 12.1 Å². The van der Waals surface area contributed by atoms with Crippen LogP contribution in [-0.2, 0) is 22.3 Å². The highest BCUT2D eigenvalue weighted by atomic mass is 35.5. The van der Waals surface area contributed by atoms with Crippen molar-refractivity contribution < 1.29 is 27.8 Å². The summed E-state index contributed by atoms with van der Waals surface area (Å²) in [6, 6.07) is 24.2. The third kappa shape index (κ3) is 9.15. The Morgan fingerprint density at radius 1 is 1.00 bits per heavy atom. The first-order chi connectivity index (χ1) is 20.9. The van der Waals surface area contributed by atoms with Gasteiger partial charge in [0.25, 0.3) is 0 Å². The van der Waals surface area contributed by atoms with E-state index in [1.54, 1.807) is 13.0 Å². The van der Waals surface area contributed by atoms with Gasteiger partial charge in [-0.25, -0.2) is 0 Å². The molecule has 3 aromatic carbocycles. The van der Waals surface area contributed by atoms with Crippen LogP contribution in [0.4, 0.5) is 13.2 Å². The summed E-state index contributed by atoms with van der Waals surface area (Å²) < 4.78 is 47.3. The lowest BCUT2D eigenvalue weighted by Gasteiger charge is -2.38. The Labute approximate surface area is 275 Å². The van der Waals surface area contributed by atoms with Gasteiger partial charge in [-0.2, -0.15) is 13.2 Å². The van der Waals surface area contributed by atoms with Crippen molar-refractivity contribution in [2.45, 2.75) is 45.8 Å². The Kier molecular flexibility index (Phi) is 12.7. The topological polar surface area (TPSA) is 49.8 Å². The number of carbonyl (C=O) groups is 1. The van der Waals surface area contributed by atoms with E-state index in [1.165, 1.54) is 6.07 Å². The van der Waals surface area contributed by atoms with Crippen LogP contribution in [0.3, 0.4) is 0 Å². The van der Waals surface area contributed by atoms with Crippen LogP contribution in [-0.4, -0.2) is 35.7 Å². The minimum Gasteiger partial charge on any atom is -0.497 e. The summed E-state index contributed by atoms with van der Waals surface area (Å²) in [5.74, 6) is -0.959. The largest absolute Gasteiger partial charge is 0.497 e. The van der Waals surface area contributed by atoms with Gasteiger partial charge in [0.1, 0.15) is 5.76 Å². The molecule has 0 radical (unpaired) electrons. The van der Waals surface area contributed by atoms with Crippen molar-refractivity contribution in [3.63, 3.8) is 0 Å². The van der Waals surface area contributed by atoms with Gasteiger partial charge in [-0.15, -0.1) is 12.4 Å². The third-order valence-electron chi connectivity index (χ3n) is 8.46. The molecule has 0 aromatic heterocycles. The van der Waals surface area contributed by atoms with Gasteiger partial charge in [0, 0.05) is 36.9 Å². The molecular formula is C36H40Cl2F3NO3. The highest BCUT2D eigenvalue weighted by Gasteiger charge is 2.40. The van der Waals surface area contributed by atoms with Crippen LogP contribution >= 0.6 is 24.0 Å². The van der Waals surface area contributed by atoms with Crippen molar-refractivity contribution in [3.8, 4) is 0 Å². The summed E-state index contributed by atoms with van der Waals surface area (Å²) in [7, 11) is 0. The first kappa shape index (κ1) is 36.2. The standard InChI is InChI=1S/C36H39ClF3NO3.ClH/c1-25(34(42)43)30-18-11-20-32(35(30,2)3)44-22-12-21-41(23-28-17-10-19-31(33(28)37)36(38,39)40)24-29(26-13-6-4-7-14-26)27-15-8-5-9-16-27;/h4-11,13-20,25,29-30H,12,21-24H2,1-3H3,(H,42,43);1H. The lowest BCUT2D eigenvalue weighted by molar-refractivity contribution is -0.143. The molecule has 0 saturated heterocycles. The van der Waals surface area contributed by atoms with Crippen molar-refractivity contribution in [2.24, 2.45) is 17.3 Å². The van der Waals surface area contributed by atoms with E-state index in [4.69, 9.17) is 16.3 Å². The van der Waals surface area contributed by atoms with Crippen LogP contribution in [0.1, 0.15) is 55.4 Å². The number of alkyl halides is 3. The van der Waals surface area contributed by atoms with Crippen molar-refractivity contribution in [3.05, 3.63) is 130 Å². The fraction of sp³-hybridized carbons (Fsp3) is 0.361. The van der Waals surface area contributed by atoms with E-state index in [0.717, 1.165) is 23.0 Å². The Balaban J connectivity index is 0.00000552. The maximum Gasteiger partial charge on any atom is 0.417 e. The van der Waals surface area contributed by atoms with Gasteiger partial charge in [-0.3, -0.25) is 9.69 Å². The number of allylic oxidation sites excluding steroid dienone is 4. The number of halogens is 5. The van der Waals surface area contributed by atoms with Crippen molar-refractivity contribution >= 4 is 30.0 Å². The van der Waals surface area contributed by atoms with E-state index in [9.17, 15) is 23.1 Å². The van der Waals surface area contributed by atoms with Gasteiger partial charge in [-0.05, 0) is 35.3 Å². The highest BCUT2D eigenvalue weighted by Crippen LogP contribution is 2.43. The molecule has 9 heteroatoms. The molecule has 0 aliphatic heterocycles. The zero-order chi connectivity index (χ0) is 31.9. The van der Waals surface area contributed by atoms with Gasteiger partial charge < -0.3 is 9.84 Å². The predicted octanol–water partition coefficient (Wildman–Crippen LogP) is 9.64. The normalized spacial score (nSPS) is 16.6. The van der Waals surface area contributed by atoms with E-state index >= 15 is 0 Å². The van der Waals surface area contributed by atoms with Crippen molar-refractivity contribution in [2.75, 3.05) is 19.7 Å². The summed E-state index contributed by atoms with van der Waals surface area (Å²) >= 11 is 6.34. The van der Waals surface area contributed by atoms with Crippen molar-refractivity contribution in [1.82, 2.24) is 4.90 Å². The number of rotatable bonds is 13. The molecule has 0 fully saturated rings. The minimum absolute atomic E-state index is 0. The summed E-state index contributed by atoms with van der Waals surface area (Å²) in [5.41, 5.74) is 1.27. The van der Waals surface area contributed by atoms with E-state index < -0.39 is 29.0 Å². The molecule has 1 N–H and O–H groups in total. The van der Waals surface area contributed by atoms with Crippen LogP contribution in [0.5, 0.6) is 0 Å². The first-order valence-electron chi connectivity index (χ1n) is 14.8. The second-order valence-corrected chi connectivity index (χ2v) is 12.3. The van der Waals surface area contributed by atoms with E-state index in [0.29, 0.717) is 31.7 Å². The predicted molar refractivity (Wildman–Crippen MR) is 176 cm³/mol. The Hall–Kier alpha value is -3.26. The van der Waals surface area contributed by atoms with Crippen molar-refractivity contribution in [1.29, 1.82) is 0 Å². The van der Waals surface area contributed by atoms with Crippen LogP contribution in [0.25, 0.3) is 0 Å². The maximum atomic E-state index is 13.7. The zero-order valence-electron chi connectivity index (χ0n) is 25.6. The molecule has 1 aliphatic carbocycles. The molecule has 4 nitrogen and oxygen atoms in total. The fourth-order valence-electron chi connectivity index (χ4n) is 5.96. The number of hydrogen-bond acceptors (Lipinski definition) is 3. The second kappa shape index (κ2) is 15.8. The maximum absolute atomic E-state index is 13.7. The molecule has 45 heavy (non-hydrogen) atoms. The average Bonchev–Trinajstić information content (AvgIpc) is 2.99. The smallest absolute Gasteiger partial charge is 0.417 e. The number of carboxylic acid groups (broad SMARTS) is 1. The fourth-order valence-corrected chi connectivity index (χ4v) is 6.25. The molecule has 0 amide bonds. The SMILES string of the molecule is CC(C(=O)O)C1C=CC=C(OCCCN(Cc2cccc(C(F)(F)F)c2Cl)CC(c2ccccc2)c2ccccc2)C1(C)C.Cl. The molecule has 1 aliphatic rings. The average molecular weight is 663 g/mol. The Morgan fingerprint density at radius 3 is 2.16 bits per heavy atom. The van der Waals surface area contributed by atoms with Crippen LogP contribution in [0, 0.1) is 17.3 Å². The molecule has 242 valence electrons. The van der Waals surface area contributed by atoms with Gasteiger partial charge in [0.05, 0.1) is 23.1 Å². The second-order valence-electron chi connectivity index (χ2n) is 11.9. The van der Waals surface area contributed by atoms with Gasteiger partial charge in [-0.1, -0.05) is 117 Å². The molecule has 0 heterocycles. The molecule has 3 aromatic rings. The number of benzene rings is 3. The third-order valence-corrected chi connectivity index (χ3v) is 8.91. The minimum atomic E-state index is -4.55. The van der Waals surface area contributed by atoms with E-state index in [1.807, 2.05) is 68.5 Å². The Bertz CT molecular complexity index is 1420. The highest BCUT2D eigenvalue weighted by molar-refractivity contribution is 6.32. The lowest BCUT2D eigenvalue weighted by atomic mass is 9.69. The number of nitrogens with zero attached hydrogens (tertiary/aromatic N) is 1. The van der Waals surface area contributed by atoms with E-state index in [-0.39, 0.29) is 35.8 Å². The number of ether oxygens (including phenoxy) is 1. The monoisotopic (exact) mass is 661 g/mol. The van der Waals surface area contributed by atoms with Crippen LogP contribution < -0.4 is 0 Å². The summed E-state index contributed by atoms with van der Waals surface area (Å²) in [5, 5.41) is 9.31. The molecule has 0 bridgehead atoms. The molecule has 2 atom stereocenters. The van der Waals surface area contributed by atoms with Gasteiger partial charge in [0.15, 0.2) is 0 Å². The van der Waals surface area contributed by atoms with Gasteiger partial charge in [0.2, 0.25) is 0 Å². The summed E-state index contributed by atoms with van der Waals surface area (Å²) in [6.45, 7) is 7.36. The number of aliphatic carboxylic acids is 1. The summed E-state index contributed by atoms with van der Waals surface area (Å²) in [4.78, 5) is 13.8. The Morgan fingerprint density at radius 2 is 1.60 bits per heavy atom. The molecule has 2 unspecified atom stereocenters. The van der Waals surface area contributed by atoms with Crippen LogP contribution in [0.2, 0.25) is 5.02 Å².